The van der Waals surface area contributed by atoms with Gasteiger partial charge in [-0.1, -0.05) is 24.3 Å². The summed E-state index contributed by atoms with van der Waals surface area (Å²) < 4.78 is 7.71. The number of aryl methyl sites for hydroxylation is 3. The standard InChI is InChI=1S/C25H31N3O2/c1-18(2)30-24-9-5-7-21(16-24)8-6-14-26-25(29)23-12-10-22(11-13-23)17-28-20(4)15-19(3)27-28/h5,7,9-13,15-16,18H,6,8,14,17H2,1-4H3,(H,26,29). The van der Waals surface area contributed by atoms with E-state index in [1.807, 2.05) is 61.9 Å². The van der Waals surface area contributed by atoms with Crippen LogP contribution in [0.3, 0.4) is 0 Å². The van der Waals surface area contributed by atoms with Crippen LogP contribution in [0, 0.1) is 13.8 Å². The number of carbonyl (C=O) groups is 1. The Hall–Kier alpha value is -3.08. The molecular formula is C25H31N3O2. The summed E-state index contributed by atoms with van der Waals surface area (Å²) in [4.78, 5) is 12.4. The lowest BCUT2D eigenvalue weighted by Gasteiger charge is -2.11. The lowest BCUT2D eigenvalue weighted by Crippen LogP contribution is -2.24. The Kier molecular flexibility index (Phi) is 7.28. The van der Waals surface area contributed by atoms with Gasteiger partial charge < -0.3 is 10.1 Å². The topological polar surface area (TPSA) is 56.2 Å². The van der Waals surface area contributed by atoms with Crippen LogP contribution < -0.4 is 10.1 Å². The zero-order chi connectivity index (χ0) is 21.5. The number of nitrogens with zero attached hydrogens (tertiary/aromatic N) is 2. The lowest BCUT2D eigenvalue weighted by molar-refractivity contribution is 0.0953. The molecule has 1 N–H and O–H groups in total. The smallest absolute Gasteiger partial charge is 0.251 e. The molecule has 0 saturated heterocycles. The Bertz CT molecular complexity index is 974. The molecule has 2 aromatic carbocycles. The molecule has 0 unspecified atom stereocenters. The van der Waals surface area contributed by atoms with Gasteiger partial charge in [-0.05, 0) is 82.0 Å². The van der Waals surface area contributed by atoms with E-state index in [1.165, 1.54) is 5.56 Å². The lowest BCUT2D eigenvalue weighted by atomic mass is 10.1. The number of hydrogen-bond donors (Lipinski definition) is 1. The fraction of sp³-hybridized carbons (Fsp3) is 0.360. The molecule has 0 fully saturated rings. The van der Waals surface area contributed by atoms with Crippen molar-refractivity contribution >= 4 is 5.91 Å². The summed E-state index contributed by atoms with van der Waals surface area (Å²) in [6.07, 6.45) is 1.95. The van der Waals surface area contributed by atoms with Crippen molar-refractivity contribution in [3.63, 3.8) is 0 Å². The first-order valence-electron chi connectivity index (χ1n) is 10.5. The molecule has 1 heterocycles. The van der Waals surface area contributed by atoms with Gasteiger partial charge in [0, 0.05) is 17.8 Å². The van der Waals surface area contributed by atoms with Gasteiger partial charge in [0.25, 0.3) is 5.91 Å². The van der Waals surface area contributed by atoms with Crippen LogP contribution in [0.15, 0.2) is 54.6 Å². The first kappa shape index (κ1) is 21.6. The summed E-state index contributed by atoms with van der Waals surface area (Å²) in [6, 6.07) is 18.0. The largest absolute Gasteiger partial charge is 0.491 e. The maximum atomic E-state index is 12.4. The molecule has 0 spiro atoms. The SMILES string of the molecule is Cc1cc(C)n(Cc2ccc(C(=O)NCCCc3cccc(OC(C)C)c3)cc2)n1. The van der Waals surface area contributed by atoms with E-state index >= 15 is 0 Å². The van der Waals surface area contributed by atoms with Crippen LogP contribution in [0.4, 0.5) is 0 Å². The normalized spacial score (nSPS) is 11.0. The van der Waals surface area contributed by atoms with Crippen molar-refractivity contribution < 1.29 is 9.53 Å². The quantitative estimate of drug-likeness (QED) is 0.525. The van der Waals surface area contributed by atoms with Gasteiger partial charge in [-0.3, -0.25) is 9.48 Å². The molecule has 0 radical (unpaired) electrons. The second kappa shape index (κ2) is 10.1. The third kappa shape index (κ3) is 6.21. The average Bonchev–Trinajstić information content (AvgIpc) is 3.02. The van der Waals surface area contributed by atoms with Gasteiger partial charge in [-0.25, -0.2) is 0 Å². The van der Waals surface area contributed by atoms with Crippen molar-refractivity contribution in [3.8, 4) is 5.75 Å². The molecule has 158 valence electrons. The van der Waals surface area contributed by atoms with E-state index in [4.69, 9.17) is 4.74 Å². The highest BCUT2D eigenvalue weighted by Gasteiger charge is 2.07. The van der Waals surface area contributed by atoms with Crippen LogP contribution in [0.1, 0.15) is 53.1 Å². The first-order chi connectivity index (χ1) is 14.4. The second-order valence-electron chi connectivity index (χ2n) is 7.96. The van der Waals surface area contributed by atoms with Gasteiger partial charge in [-0.2, -0.15) is 5.10 Å². The summed E-state index contributed by atoms with van der Waals surface area (Å²) in [7, 11) is 0. The van der Waals surface area contributed by atoms with Crippen LogP contribution in [0.2, 0.25) is 0 Å². The predicted molar refractivity (Wildman–Crippen MR) is 120 cm³/mol. The van der Waals surface area contributed by atoms with Crippen molar-refractivity contribution in [1.82, 2.24) is 15.1 Å². The number of aromatic nitrogens is 2. The van der Waals surface area contributed by atoms with Gasteiger partial charge in [0.15, 0.2) is 0 Å². The van der Waals surface area contributed by atoms with Crippen LogP contribution in [0.25, 0.3) is 0 Å². The average molecular weight is 406 g/mol. The molecule has 0 aliphatic carbocycles. The minimum absolute atomic E-state index is 0.0374. The fourth-order valence-electron chi connectivity index (χ4n) is 3.41. The molecule has 1 aromatic heterocycles. The van der Waals surface area contributed by atoms with E-state index in [2.05, 4.69) is 35.5 Å². The van der Waals surface area contributed by atoms with Gasteiger partial charge in [0.1, 0.15) is 5.75 Å². The van der Waals surface area contributed by atoms with Crippen LogP contribution in [-0.2, 0) is 13.0 Å². The number of amides is 1. The van der Waals surface area contributed by atoms with Gasteiger partial charge in [0.05, 0.1) is 18.3 Å². The summed E-state index contributed by atoms with van der Waals surface area (Å²) in [5.41, 5.74) is 5.18. The van der Waals surface area contributed by atoms with Crippen molar-refractivity contribution in [2.45, 2.75) is 53.2 Å². The van der Waals surface area contributed by atoms with Gasteiger partial charge in [0.2, 0.25) is 0 Å². The third-order valence-corrected chi connectivity index (χ3v) is 4.85. The van der Waals surface area contributed by atoms with E-state index in [-0.39, 0.29) is 12.0 Å². The molecule has 5 heteroatoms. The zero-order valence-corrected chi connectivity index (χ0v) is 18.3. The van der Waals surface area contributed by atoms with E-state index in [9.17, 15) is 4.79 Å². The van der Waals surface area contributed by atoms with Crippen molar-refractivity contribution in [3.05, 3.63) is 82.7 Å². The monoisotopic (exact) mass is 405 g/mol. The minimum Gasteiger partial charge on any atom is -0.491 e. The zero-order valence-electron chi connectivity index (χ0n) is 18.3. The second-order valence-corrected chi connectivity index (χ2v) is 7.96. The van der Waals surface area contributed by atoms with Crippen molar-refractivity contribution in [1.29, 1.82) is 0 Å². The summed E-state index contributed by atoms with van der Waals surface area (Å²) in [5, 5.41) is 7.50. The molecule has 0 saturated carbocycles. The maximum Gasteiger partial charge on any atom is 0.251 e. The summed E-state index contributed by atoms with van der Waals surface area (Å²) >= 11 is 0. The molecule has 1 amide bonds. The Labute approximate surface area is 179 Å². The van der Waals surface area contributed by atoms with Gasteiger partial charge >= 0.3 is 0 Å². The first-order valence-corrected chi connectivity index (χ1v) is 10.5. The van der Waals surface area contributed by atoms with Crippen LogP contribution >= 0.6 is 0 Å². The molecular weight excluding hydrogens is 374 g/mol. The highest BCUT2D eigenvalue weighted by atomic mass is 16.5. The molecule has 5 nitrogen and oxygen atoms in total. The number of benzene rings is 2. The van der Waals surface area contributed by atoms with E-state index in [0.717, 1.165) is 35.5 Å². The highest BCUT2D eigenvalue weighted by Crippen LogP contribution is 2.16. The Morgan fingerprint density at radius 2 is 1.83 bits per heavy atom. The summed E-state index contributed by atoms with van der Waals surface area (Å²) in [5.74, 6) is 0.858. The summed E-state index contributed by atoms with van der Waals surface area (Å²) in [6.45, 7) is 9.44. The number of ether oxygens (including phenoxy) is 1. The highest BCUT2D eigenvalue weighted by molar-refractivity contribution is 5.94. The Morgan fingerprint density at radius 3 is 2.50 bits per heavy atom. The van der Waals surface area contributed by atoms with E-state index in [1.54, 1.807) is 0 Å². The third-order valence-electron chi connectivity index (χ3n) is 4.85. The molecule has 3 rings (SSSR count). The van der Waals surface area contributed by atoms with E-state index < -0.39 is 0 Å². The number of rotatable bonds is 9. The molecule has 0 aliphatic heterocycles. The molecule has 0 bridgehead atoms. The number of carbonyl (C=O) groups excluding carboxylic acids is 1. The maximum absolute atomic E-state index is 12.4. The Morgan fingerprint density at radius 1 is 1.07 bits per heavy atom. The van der Waals surface area contributed by atoms with Crippen LogP contribution in [-0.4, -0.2) is 28.3 Å². The molecule has 3 aromatic rings. The number of hydrogen-bond acceptors (Lipinski definition) is 3. The molecule has 30 heavy (non-hydrogen) atoms. The molecule has 0 atom stereocenters. The predicted octanol–water partition coefficient (Wildman–Crippen LogP) is 4.70. The van der Waals surface area contributed by atoms with Gasteiger partial charge in [-0.15, -0.1) is 0 Å². The van der Waals surface area contributed by atoms with Crippen LogP contribution in [0.5, 0.6) is 5.75 Å². The van der Waals surface area contributed by atoms with Crippen molar-refractivity contribution in [2.24, 2.45) is 0 Å². The van der Waals surface area contributed by atoms with Crippen molar-refractivity contribution in [2.75, 3.05) is 6.54 Å². The van der Waals surface area contributed by atoms with E-state index in [0.29, 0.717) is 18.7 Å². The minimum atomic E-state index is -0.0374. The Balaban J connectivity index is 1.45. The fourth-order valence-corrected chi connectivity index (χ4v) is 3.41. The molecule has 0 aliphatic rings. The number of nitrogens with one attached hydrogen (secondary N) is 1.